The molecule has 0 aromatic heterocycles. The zero-order chi connectivity index (χ0) is 21.4. The van der Waals surface area contributed by atoms with Crippen LogP contribution < -0.4 is 20.7 Å². The molecule has 7 heteroatoms. The average molecular weight is 413 g/mol. The van der Waals surface area contributed by atoms with Gasteiger partial charge in [0.05, 0.1) is 13.7 Å². The van der Waals surface area contributed by atoms with Crippen molar-refractivity contribution in [3.8, 4) is 5.75 Å². The Hall–Kier alpha value is -3.09. The first-order valence-electron chi connectivity index (χ1n) is 10.3. The first-order chi connectivity index (χ1) is 14.6. The van der Waals surface area contributed by atoms with Gasteiger partial charge in [-0.15, -0.1) is 0 Å². The van der Waals surface area contributed by atoms with E-state index in [0.29, 0.717) is 36.9 Å². The molecule has 0 heterocycles. The van der Waals surface area contributed by atoms with Gasteiger partial charge in [0, 0.05) is 30.6 Å². The Balaban J connectivity index is 1.48. The topological polar surface area (TPSA) is 74.8 Å². The molecule has 2 aromatic carbocycles. The fourth-order valence-corrected chi connectivity index (χ4v) is 3.28. The number of benzene rings is 2. The van der Waals surface area contributed by atoms with Crippen LogP contribution in [0.1, 0.15) is 35.7 Å². The second-order valence-electron chi connectivity index (χ2n) is 7.40. The summed E-state index contributed by atoms with van der Waals surface area (Å²) in [5, 5.41) is 9.34. The van der Waals surface area contributed by atoms with E-state index in [1.54, 1.807) is 43.5 Å². The van der Waals surface area contributed by atoms with Crippen molar-refractivity contribution in [3.63, 3.8) is 0 Å². The van der Waals surface area contributed by atoms with Crippen LogP contribution in [-0.4, -0.2) is 45.2 Å². The van der Waals surface area contributed by atoms with Crippen LogP contribution in [0.25, 0.3) is 0 Å². The number of ether oxygens (including phenoxy) is 1. The third-order valence-corrected chi connectivity index (χ3v) is 5.23. The minimum atomic E-state index is -0.208. The average Bonchev–Trinajstić information content (AvgIpc) is 3.56. The lowest BCUT2D eigenvalue weighted by Crippen LogP contribution is -2.42. The van der Waals surface area contributed by atoms with E-state index in [1.807, 2.05) is 13.0 Å². The fraction of sp³-hybridized carbons (Fsp3) is 0.391. The molecule has 0 aliphatic heterocycles. The monoisotopic (exact) mass is 412 g/mol. The zero-order valence-corrected chi connectivity index (χ0v) is 17.5. The summed E-state index contributed by atoms with van der Waals surface area (Å²) in [7, 11) is 1.59. The maximum absolute atomic E-state index is 13.6. The van der Waals surface area contributed by atoms with Gasteiger partial charge in [0.1, 0.15) is 11.6 Å². The van der Waals surface area contributed by atoms with Gasteiger partial charge in [-0.3, -0.25) is 9.79 Å². The molecule has 0 radical (unpaired) electrons. The fourth-order valence-electron chi connectivity index (χ4n) is 3.28. The van der Waals surface area contributed by atoms with Crippen molar-refractivity contribution in [3.05, 3.63) is 65.5 Å². The number of guanidine groups is 1. The number of halogens is 1. The summed E-state index contributed by atoms with van der Waals surface area (Å²) in [5.74, 6) is 1.06. The molecular weight excluding hydrogens is 383 g/mol. The largest absolute Gasteiger partial charge is 0.497 e. The Kier molecular flexibility index (Phi) is 7.27. The molecule has 3 N–H and O–H groups in total. The smallest absolute Gasteiger partial charge is 0.251 e. The van der Waals surface area contributed by atoms with E-state index in [9.17, 15) is 9.18 Å². The van der Waals surface area contributed by atoms with Crippen LogP contribution in [-0.2, 0) is 5.41 Å². The van der Waals surface area contributed by atoms with E-state index < -0.39 is 0 Å². The van der Waals surface area contributed by atoms with Gasteiger partial charge in [-0.05, 0) is 61.7 Å². The van der Waals surface area contributed by atoms with Crippen molar-refractivity contribution in [1.29, 1.82) is 0 Å². The number of aliphatic imine (C=N–C) groups is 1. The molecule has 2 aromatic rings. The highest BCUT2D eigenvalue weighted by molar-refractivity contribution is 5.94. The van der Waals surface area contributed by atoms with Gasteiger partial charge in [-0.25, -0.2) is 4.39 Å². The molecule has 0 spiro atoms. The first-order valence-corrected chi connectivity index (χ1v) is 10.3. The molecule has 0 bridgehead atoms. The van der Waals surface area contributed by atoms with Crippen LogP contribution >= 0.6 is 0 Å². The third kappa shape index (κ3) is 5.72. The summed E-state index contributed by atoms with van der Waals surface area (Å²) in [6.07, 6.45) is 2.02. The van der Waals surface area contributed by atoms with E-state index in [4.69, 9.17) is 9.73 Å². The lowest BCUT2D eigenvalue weighted by Gasteiger charge is -2.16. The van der Waals surface area contributed by atoms with Crippen LogP contribution in [0.3, 0.4) is 0 Å². The number of nitrogens with zero attached hydrogens (tertiary/aromatic N) is 1. The van der Waals surface area contributed by atoms with Gasteiger partial charge in [0.25, 0.3) is 5.91 Å². The molecule has 0 unspecified atom stereocenters. The molecule has 0 saturated heterocycles. The Labute approximate surface area is 176 Å². The Bertz CT molecular complexity index is 879. The highest BCUT2D eigenvalue weighted by atomic mass is 19.1. The van der Waals surface area contributed by atoms with E-state index >= 15 is 0 Å². The SMILES string of the molecule is CCNC(=NCC1(c2cccc(F)c2)CC1)NCCNC(=O)c1ccc(OC)cc1. The van der Waals surface area contributed by atoms with Gasteiger partial charge in [0.15, 0.2) is 5.96 Å². The van der Waals surface area contributed by atoms with Gasteiger partial charge in [0.2, 0.25) is 0 Å². The molecule has 3 rings (SSSR count). The number of amides is 1. The summed E-state index contributed by atoms with van der Waals surface area (Å²) in [4.78, 5) is 16.9. The quantitative estimate of drug-likeness (QED) is 0.336. The molecule has 160 valence electrons. The lowest BCUT2D eigenvalue weighted by molar-refractivity contribution is 0.0954. The van der Waals surface area contributed by atoms with Gasteiger partial charge in [-0.2, -0.15) is 0 Å². The van der Waals surface area contributed by atoms with Crippen LogP contribution in [0.2, 0.25) is 0 Å². The number of rotatable bonds is 9. The van der Waals surface area contributed by atoms with E-state index in [1.165, 1.54) is 6.07 Å². The Morgan fingerprint density at radius 2 is 1.83 bits per heavy atom. The van der Waals surface area contributed by atoms with Crippen molar-refractivity contribution >= 4 is 11.9 Å². The number of nitrogens with one attached hydrogen (secondary N) is 3. The van der Waals surface area contributed by atoms with Crippen molar-refractivity contribution in [2.45, 2.75) is 25.2 Å². The van der Waals surface area contributed by atoms with Crippen molar-refractivity contribution in [1.82, 2.24) is 16.0 Å². The maximum Gasteiger partial charge on any atom is 0.251 e. The van der Waals surface area contributed by atoms with Crippen molar-refractivity contribution in [2.75, 3.05) is 33.3 Å². The number of carbonyl (C=O) groups is 1. The standard InChI is InChI=1S/C23H29FN4O2/c1-3-25-22(28-16-23(11-12-23)18-5-4-6-19(24)15-18)27-14-13-26-21(29)17-7-9-20(30-2)10-8-17/h4-10,15H,3,11-14,16H2,1-2H3,(H,26,29)(H2,25,27,28). The van der Waals surface area contributed by atoms with E-state index in [2.05, 4.69) is 16.0 Å². The van der Waals surface area contributed by atoms with Gasteiger partial charge in [-0.1, -0.05) is 12.1 Å². The minimum absolute atomic E-state index is 0.0625. The summed E-state index contributed by atoms with van der Waals surface area (Å²) >= 11 is 0. The molecular formula is C23H29FN4O2. The molecule has 30 heavy (non-hydrogen) atoms. The predicted octanol–water partition coefficient (Wildman–Crippen LogP) is 2.85. The first kappa shape index (κ1) is 21.6. The number of methoxy groups -OCH3 is 1. The maximum atomic E-state index is 13.6. The van der Waals surface area contributed by atoms with Crippen molar-refractivity contribution < 1.29 is 13.9 Å². The summed E-state index contributed by atoms with van der Waals surface area (Å²) < 4.78 is 18.7. The third-order valence-electron chi connectivity index (χ3n) is 5.23. The molecule has 1 fully saturated rings. The Morgan fingerprint density at radius 1 is 1.10 bits per heavy atom. The van der Waals surface area contributed by atoms with Crippen LogP contribution in [0.5, 0.6) is 5.75 Å². The molecule has 0 atom stereocenters. The summed E-state index contributed by atoms with van der Waals surface area (Å²) in [5.41, 5.74) is 1.53. The zero-order valence-electron chi connectivity index (χ0n) is 17.5. The lowest BCUT2D eigenvalue weighted by atomic mass is 9.96. The number of carbonyl (C=O) groups excluding carboxylic acids is 1. The van der Waals surface area contributed by atoms with Gasteiger partial charge >= 0.3 is 0 Å². The highest BCUT2D eigenvalue weighted by Crippen LogP contribution is 2.48. The molecule has 6 nitrogen and oxygen atoms in total. The van der Waals surface area contributed by atoms with Crippen LogP contribution in [0.4, 0.5) is 4.39 Å². The summed E-state index contributed by atoms with van der Waals surface area (Å²) in [6.45, 7) is 4.34. The predicted molar refractivity (Wildman–Crippen MR) is 117 cm³/mol. The Morgan fingerprint density at radius 3 is 2.47 bits per heavy atom. The molecule has 1 aliphatic carbocycles. The van der Waals surface area contributed by atoms with Gasteiger partial charge < -0.3 is 20.7 Å². The summed E-state index contributed by atoms with van der Waals surface area (Å²) in [6, 6.07) is 13.8. The second-order valence-corrected chi connectivity index (χ2v) is 7.40. The van der Waals surface area contributed by atoms with Crippen LogP contribution in [0.15, 0.2) is 53.5 Å². The minimum Gasteiger partial charge on any atom is -0.497 e. The van der Waals surface area contributed by atoms with E-state index in [-0.39, 0.29) is 17.1 Å². The van der Waals surface area contributed by atoms with Crippen molar-refractivity contribution in [2.24, 2.45) is 4.99 Å². The molecule has 1 saturated carbocycles. The number of hydrogen-bond donors (Lipinski definition) is 3. The molecule has 1 amide bonds. The highest BCUT2D eigenvalue weighted by Gasteiger charge is 2.44. The second kappa shape index (κ2) is 10.1. The normalized spacial score (nSPS) is 14.7. The van der Waals surface area contributed by atoms with E-state index in [0.717, 1.165) is 24.9 Å². The van der Waals surface area contributed by atoms with Crippen LogP contribution in [0, 0.1) is 5.82 Å². The number of hydrogen-bond acceptors (Lipinski definition) is 3. The molecule has 1 aliphatic rings.